The first-order chi connectivity index (χ1) is 11.6. The summed E-state index contributed by atoms with van der Waals surface area (Å²) in [7, 11) is 4.00. The van der Waals surface area contributed by atoms with Gasteiger partial charge in [0.25, 0.3) is 5.91 Å². The van der Waals surface area contributed by atoms with Crippen LogP contribution in [0.2, 0.25) is 0 Å². The highest BCUT2D eigenvalue weighted by molar-refractivity contribution is 5.92. The molecule has 5 heteroatoms. The Bertz CT molecular complexity index is 709. The standard InChI is InChI=1S/C19H26N4O/c1-4-7-16-11-18(21-20-16)19(24)23(3)13-17-10-14-8-5-6-9-15(14)12-22(17)2/h5-6,8-9,11,17H,4,7,10,12-13H2,1-3H3,(H,20,21)/t17-/m1/s1. The molecule has 128 valence electrons. The molecular formula is C19H26N4O. The summed E-state index contributed by atoms with van der Waals surface area (Å²) in [5.41, 5.74) is 4.32. The summed E-state index contributed by atoms with van der Waals surface area (Å²) in [5.74, 6) is -0.0131. The zero-order valence-corrected chi connectivity index (χ0v) is 14.7. The average Bonchev–Trinajstić information content (AvgIpc) is 3.03. The van der Waals surface area contributed by atoms with Crippen molar-refractivity contribution in [1.29, 1.82) is 0 Å². The van der Waals surface area contributed by atoms with Gasteiger partial charge in [0.05, 0.1) is 0 Å². The maximum absolute atomic E-state index is 12.6. The fraction of sp³-hybridized carbons (Fsp3) is 0.474. The van der Waals surface area contributed by atoms with Gasteiger partial charge in [0.15, 0.2) is 0 Å². The quantitative estimate of drug-likeness (QED) is 0.918. The Balaban J connectivity index is 1.65. The number of hydrogen-bond donors (Lipinski definition) is 1. The molecule has 1 aliphatic rings. The lowest BCUT2D eigenvalue weighted by atomic mass is 9.94. The first kappa shape index (κ1) is 16.7. The minimum Gasteiger partial charge on any atom is -0.339 e. The molecule has 0 saturated carbocycles. The van der Waals surface area contributed by atoms with Crippen LogP contribution in [0.25, 0.3) is 0 Å². The van der Waals surface area contributed by atoms with Crippen LogP contribution in [0.1, 0.15) is 40.7 Å². The molecule has 0 saturated heterocycles. The first-order valence-electron chi connectivity index (χ1n) is 8.65. The highest BCUT2D eigenvalue weighted by Gasteiger charge is 2.26. The van der Waals surface area contributed by atoms with Crippen molar-refractivity contribution < 1.29 is 4.79 Å². The van der Waals surface area contributed by atoms with Crippen LogP contribution < -0.4 is 0 Å². The zero-order valence-electron chi connectivity index (χ0n) is 14.7. The number of amides is 1. The highest BCUT2D eigenvalue weighted by atomic mass is 16.2. The molecule has 1 atom stereocenters. The van der Waals surface area contributed by atoms with E-state index in [1.807, 2.05) is 13.1 Å². The molecule has 1 aromatic heterocycles. The molecule has 1 N–H and O–H groups in total. The lowest BCUT2D eigenvalue weighted by molar-refractivity contribution is 0.0727. The van der Waals surface area contributed by atoms with E-state index in [-0.39, 0.29) is 5.91 Å². The smallest absolute Gasteiger partial charge is 0.274 e. The fourth-order valence-electron chi connectivity index (χ4n) is 3.39. The van der Waals surface area contributed by atoms with Crippen LogP contribution in [0.5, 0.6) is 0 Å². The van der Waals surface area contributed by atoms with E-state index in [0.717, 1.165) is 31.5 Å². The minimum absolute atomic E-state index is 0.0131. The molecule has 0 radical (unpaired) electrons. The molecule has 3 rings (SSSR count). The number of hydrogen-bond acceptors (Lipinski definition) is 3. The SMILES string of the molecule is CCCc1cc(C(=O)N(C)C[C@H]2Cc3ccccc3CN2C)n[nH]1. The maximum Gasteiger partial charge on any atom is 0.274 e. The van der Waals surface area contributed by atoms with Crippen LogP contribution in [-0.2, 0) is 19.4 Å². The number of nitrogens with zero attached hydrogens (tertiary/aromatic N) is 3. The number of H-pyrrole nitrogens is 1. The summed E-state index contributed by atoms with van der Waals surface area (Å²) in [6, 6.07) is 10.8. The molecule has 1 aliphatic heterocycles. The predicted octanol–water partition coefficient (Wildman–Crippen LogP) is 2.49. The number of likely N-dealkylation sites (N-methyl/N-ethyl adjacent to an activating group) is 2. The van der Waals surface area contributed by atoms with Crippen molar-refractivity contribution in [2.24, 2.45) is 0 Å². The van der Waals surface area contributed by atoms with Gasteiger partial charge in [0.2, 0.25) is 0 Å². The largest absolute Gasteiger partial charge is 0.339 e. The van der Waals surface area contributed by atoms with E-state index >= 15 is 0 Å². The molecule has 0 fully saturated rings. The molecule has 0 unspecified atom stereocenters. The number of aryl methyl sites for hydroxylation is 1. The van der Waals surface area contributed by atoms with E-state index in [9.17, 15) is 4.79 Å². The molecule has 0 spiro atoms. The van der Waals surface area contributed by atoms with Crippen LogP contribution in [-0.4, -0.2) is 52.6 Å². The number of aromatic nitrogens is 2. The molecule has 5 nitrogen and oxygen atoms in total. The third-order valence-corrected chi connectivity index (χ3v) is 4.82. The van der Waals surface area contributed by atoms with Crippen molar-refractivity contribution in [3.8, 4) is 0 Å². The van der Waals surface area contributed by atoms with Crippen LogP contribution in [0, 0.1) is 0 Å². The summed E-state index contributed by atoms with van der Waals surface area (Å²) in [6.45, 7) is 3.76. The molecular weight excluding hydrogens is 300 g/mol. The second-order valence-corrected chi connectivity index (χ2v) is 6.76. The third-order valence-electron chi connectivity index (χ3n) is 4.82. The van der Waals surface area contributed by atoms with Crippen molar-refractivity contribution in [2.75, 3.05) is 20.6 Å². The number of carbonyl (C=O) groups is 1. The van der Waals surface area contributed by atoms with E-state index in [4.69, 9.17) is 0 Å². The average molecular weight is 326 g/mol. The van der Waals surface area contributed by atoms with Gasteiger partial charge in [-0.05, 0) is 37.1 Å². The Morgan fingerprint density at radius 2 is 2.12 bits per heavy atom. The van der Waals surface area contributed by atoms with E-state index in [1.54, 1.807) is 4.90 Å². The Morgan fingerprint density at radius 3 is 2.88 bits per heavy atom. The molecule has 1 amide bonds. The number of fused-ring (bicyclic) bond motifs is 1. The second-order valence-electron chi connectivity index (χ2n) is 6.76. The van der Waals surface area contributed by atoms with Crippen molar-refractivity contribution in [2.45, 2.75) is 38.8 Å². The molecule has 0 aliphatic carbocycles. The maximum atomic E-state index is 12.6. The summed E-state index contributed by atoms with van der Waals surface area (Å²) in [4.78, 5) is 16.7. The van der Waals surface area contributed by atoms with Crippen molar-refractivity contribution in [3.63, 3.8) is 0 Å². The minimum atomic E-state index is -0.0131. The molecule has 1 aromatic carbocycles. The lowest BCUT2D eigenvalue weighted by Crippen LogP contribution is -2.46. The Hall–Kier alpha value is -2.14. The summed E-state index contributed by atoms with van der Waals surface area (Å²) in [6.07, 6.45) is 2.94. The van der Waals surface area contributed by atoms with Gasteiger partial charge < -0.3 is 4.90 Å². The monoisotopic (exact) mass is 326 g/mol. The number of aromatic amines is 1. The van der Waals surface area contributed by atoms with Crippen LogP contribution in [0.3, 0.4) is 0 Å². The third kappa shape index (κ3) is 3.51. The van der Waals surface area contributed by atoms with E-state index < -0.39 is 0 Å². The summed E-state index contributed by atoms with van der Waals surface area (Å²) < 4.78 is 0. The van der Waals surface area contributed by atoms with E-state index in [2.05, 4.69) is 53.3 Å². The summed E-state index contributed by atoms with van der Waals surface area (Å²) >= 11 is 0. The van der Waals surface area contributed by atoms with Gasteiger partial charge >= 0.3 is 0 Å². The number of rotatable bonds is 5. The molecule has 24 heavy (non-hydrogen) atoms. The molecule has 0 bridgehead atoms. The number of carbonyl (C=O) groups excluding carboxylic acids is 1. The summed E-state index contributed by atoms with van der Waals surface area (Å²) in [5, 5.41) is 7.13. The van der Waals surface area contributed by atoms with Gasteiger partial charge in [-0.25, -0.2) is 0 Å². The predicted molar refractivity (Wildman–Crippen MR) is 94.9 cm³/mol. The normalized spacial score (nSPS) is 17.5. The number of benzene rings is 1. The topological polar surface area (TPSA) is 52.2 Å². The zero-order chi connectivity index (χ0) is 17.1. The van der Waals surface area contributed by atoms with Crippen molar-refractivity contribution in [1.82, 2.24) is 20.0 Å². The second kappa shape index (κ2) is 7.18. The van der Waals surface area contributed by atoms with Crippen LogP contribution >= 0.6 is 0 Å². The van der Waals surface area contributed by atoms with Gasteiger partial charge in [-0.1, -0.05) is 37.6 Å². The van der Waals surface area contributed by atoms with Crippen LogP contribution in [0.4, 0.5) is 0 Å². The van der Waals surface area contributed by atoms with Crippen LogP contribution in [0.15, 0.2) is 30.3 Å². The van der Waals surface area contributed by atoms with E-state index in [0.29, 0.717) is 18.3 Å². The van der Waals surface area contributed by atoms with Crippen molar-refractivity contribution >= 4 is 5.91 Å². The molecule has 2 heterocycles. The fourth-order valence-corrected chi connectivity index (χ4v) is 3.39. The first-order valence-corrected chi connectivity index (χ1v) is 8.65. The van der Waals surface area contributed by atoms with Gasteiger partial charge in [-0.15, -0.1) is 0 Å². The Kier molecular flexibility index (Phi) is 5.00. The number of nitrogens with one attached hydrogen (secondary N) is 1. The highest BCUT2D eigenvalue weighted by Crippen LogP contribution is 2.22. The Morgan fingerprint density at radius 1 is 1.38 bits per heavy atom. The van der Waals surface area contributed by atoms with E-state index in [1.165, 1.54) is 11.1 Å². The van der Waals surface area contributed by atoms with Gasteiger partial charge in [-0.2, -0.15) is 5.10 Å². The lowest BCUT2D eigenvalue weighted by Gasteiger charge is -2.36. The van der Waals surface area contributed by atoms with Gasteiger partial charge in [-0.3, -0.25) is 14.8 Å². The molecule has 2 aromatic rings. The Labute approximate surface area is 143 Å². The van der Waals surface area contributed by atoms with Gasteiger partial charge in [0, 0.05) is 31.9 Å². The van der Waals surface area contributed by atoms with Gasteiger partial charge in [0.1, 0.15) is 5.69 Å². The van der Waals surface area contributed by atoms with Crippen molar-refractivity contribution in [3.05, 3.63) is 52.8 Å².